The van der Waals surface area contributed by atoms with Crippen LogP contribution < -0.4 is 4.72 Å². The summed E-state index contributed by atoms with van der Waals surface area (Å²) in [6.07, 6.45) is 4.97. The minimum Gasteiger partial charge on any atom is -0.337 e. The van der Waals surface area contributed by atoms with Gasteiger partial charge in [0.2, 0.25) is 27.7 Å². The first-order valence-corrected chi connectivity index (χ1v) is 11.7. The molecule has 160 valence electrons. The lowest BCUT2D eigenvalue weighted by atomic mass is 9.85. The first kappa shape index (κ1) is 21.3. The van der Waals surface area contributed by atoms with Gasteiger partial charge in [-0.05, 0) is 25.0 Å². The minimum absolute atomic E-state index is 0.0477. The first-order valence-electron chi connectivity index (χ1n) is 9.44. The highest BCUT2D eigenvalue weighted by Crippen LogP contribution is 2.37. The molecule has 0 spiro atoms. The van der Waals surface area contributed by atoms with E-state index >= 15 is 0 Å². The monoisotopic (exact) mass is 471 g/mol. The molecule has 2 heterocycles. The maximum atomic E-state index is 12.6. The predicted octanol–water partition coefficient (Wildman–Crippen LogP) is 1.43. The highest BCUT2D eigenvalue weighted by Gasteiger charge is 2.52. The van der Waals surface area contributed by atoms with Crippen molar-refractivity contribution in [2.24, 2.45) is 11.8 Å². The number of hydrogen-bond donors (Lipinski definition) is 1. The number of likely N-dealkylation sites (tertiary alicyclic amines) is 2. The zero-order valence-electron chi connectivity index (χ0n) is 15.8. The van der Waals surface area contributed by atoms with Crippen molar-refractivity contribution in [3.05, 3.63) is 40.4 Å². The van der Waals surface area contributed by atoms with Crippen molar-refractivity contribution >= 4 is 50.9 Å². The number of amides is 3. The maximum absolute atomic E-state index is 12.6. The number of imide groups is 1. The second kappa shape index (κ2) is 7.96. The smallest absolute Gasteiger partial charge is 0.244 e. The fourth-order valence-corrected chi connectivity index (χ4v) is 6.20. The number of nitrogens with one attached hydrogen (secondary N) is 1. The van der Waals surface area contributed by atoms with E-state index in [-0.39, 0.29) is 57.7 Å². The van der Waals surface area contributed by atoms with Crippen molar-refractivity contribution < 1.29 is 22.8 Å². The minimum atomic E-state index is -4.08. The Morgan fingerprint density at radius 1 is 1.03 bits per heavy atom. The second-order valence-electron chi connectivity index (χ2n) is 7.53. The Labute approximate surface area is 183 Å². The van der Waals surface area contributed by atoms with Crippen molar-refractivity contribution in [2.45, 2.75) is 23.8 Å². The third kappa shape index (κ3) is 3.64. The molecular weight excluding hydrogens is 453 g/mol. The number of carbonyl (C=O) groups is 3. The summed E-state index contributed by atoms with van der Waals surface area (Å²) in [5.41, 5.74) is 0. The van der Waals surface area contributed by atoms with Gasteiger partial charge in [0, 0.05) is 13.1 Å². The second-order valence-corrected chi connectivity index (χ2v) is 10.0. The van der Waals surface area contributed by atoms with Gasteiger partial charge in [0.1, 0.15) is 4.90 Å². The van der Waals surface area contributed by atoms with Crippen LogP contribution in [0.1, 0.15) is 12.8 Å². The number of allylic oxidation sites excluding steroid dienone is 2. The molecule has 3 amide bonds. The van der Waals surface area contributed by atoms with E-state index in [0.29, 0.717) is 12.8 Å². The van der Waals surface area contributed by atoms with Crippen LogP contribution >= 0.6 is 23.2 Å². The summed E-state index contributed by atoms with van der Waals surface area (Å²) in [6, 6.07) is 3.93. The molecule has 0 radical (unpaired) electrons. The Morgan fingerprint density at radius 3 is 2.10 bits per heavy atom. The fourth-order valence-electron chi connectivity index (χ4n) is 4.09. The Balaban J connectivity index is 1.34. The van der Waals surface area contributed by atoms with Crippen LogP contribution in [0.3, 0.4) is 0 Å². The van der Waals surface area contributed by atoms with Gasteiger partial charge < -0.3 is 4.90 Å². The van der Waals surface area contributed by atoms with Gasteiger partial charge in [0.05, 0.1) is 34.5 Å². The van der Waals surface area contributed by atoms with Gasteiger partial charge in [-0.15, -0.1) is 0 Å². The molecule has 1 aromatic carbocycles. The number of benzene rings is 1. The Hall–Kier alpha value is -1.94. The summed E-state index contributed by atoms with van der Waals surface area (Å²) in [6.45, 7) is -0.0941. The standard InChI is InChI=1S/C19H19Cl2N3O5S/c20-14-6-3-7-15(21)17(14)30(28,29)22-8-16(25)23-9-11(10-23)24-18(26)12-4-1-2-5-13(12)19(24)27/h1-3,6-7,11-13,22H,4-5,8-10H2. The summed E-state index contributed by atoms with van der Waals surface area (Å²) in [7, 11) is -4.08. The molecule has 0 saturated carbocycles. The molecular formula is C19H19Cl2N3O5S. The van der Waals surface area contributed by atoms with Crippen molar-refractivity contribution in [2.75, 3.05) is 19.6 Å². The van der Waals surface area contributed by atoms with Crippen LogP contribution in [0.2, 0.25) is 10.0 Å². The van der Waals surface area contributed by atoms with E-state index in [4.69, 9.17) is 23.2 Å². The van der Waals surface area contributed by atoms with Crippen molar-refractivity contribution in [1.29, 1.82) is 0 Å². The van der Waals surface area contributed by atoms with E-state index in [0.717, 1.165) is 0 Å². The zero-order chi connectivity index (χ0) is 21.6. The predicted molar refractivity (Wildman–Crippen MR) is 109 cm³/mol. The third-order valence-corrected chi connectivity index (χ3v) is 8.08. The lowest BCUT2D eigenvalue weighted by Gasteiger charge is -2.43. The molecule has 3 aliphatic rings. The highest BCUT2D eigenvalue weighted by molar-refractivity contribution is 7.89. The van der Waals surface area contributed by atoms with Crippen LogP contribution in [-0.4, -0.2) is 61.6 Å². The summed E-state index contributed by atoms with van der Waals surface area (Å²) in [5, 5.41) is -0.0954. The first-order chi connectivity index (χ1) is 14.2. The lowest BCUT2D eigenvalue weighted by molar-refractivity contribution is -0.152. The largest absolute Gasteiger partial charge is 0.337 e. The van der Waals surface area contributed by atoms with Gasteiger partial charge in [-0.25, -0.2) is 13.1 Å². The van der Waals surface area contributed by atoms with Crippen LogP contribution in [0.25, 0.3) is 0 Å². The van der Waals surface area contributed by atoms with Gasteiger partial charge in [0.15, 0.2) is 0 Å². The normalized spacial score (nSPS) is 24.2. The van der Waals surface area contributed by atoms with E-state index in [2.05, 4.69) is 4.72 Å². The van der Waals surface area contributed by atoms with Gasteiger partial charge >= 0.3 is 0 Å². The summed E-state index contributed by atoms with van der Waals surface area (Å²) in [4.78, 5) is 40.0. The number of nitrogens with zero attached hydrogens (tertiary/aromatic N) is 2. The Bertz CT molecular complexity index is 1010. The fraction of sp³-hybridized carbons (Fsp3) is 0.421. The van der Waals surface area contributed by atoms with Gasteiger partial charge in [-0.3, -0.25) is 19.3 Å². The van der Waals surface area contributed by atoms with Crippen molar-refractivity contribution in [1.82, 2.24) is 14.5 Å². The van der Waals surface area contributed by atoms with E-state index in [1.165, 1.54) is 28.0 Å². The summed E-state index contributed by atoms with van der Waals surface area (Å²) >= 11 is 11.9. The maximum Gasteiger partial charge on any atom is 0.244 e. The van der Waals surface area contributed by atoms with E-state index in [1.807, 2.05) is 12.2 Å². The lowest BCUT2D eigenvalue weighted by Crippen LogP contribution is -2.63. The number of rotatable bonds is 5. The third-order valence-electron chi connectivity index (χ3n) is 5.72. The summed E-state index contributed by atoms with van der Waals surface area (Å²) in [5.74, 6) is -1.43. The van der Waals surface area contributed by atoms with Gasteiger partial charge in [0.25, 0.3) is 0 Å². The van der Waals surface area contributed by atoms with E-state index in [1.54, 1.807) is 0 Å². The molecule has 1 aliphatic carbocycles. The average Bonchev–Trinajstić information content (AvgIpc) is 2.91. The number of sulfonamides is 1. The van der Waals surface area contributed by atoms with Gasteiger partial charge in [-0.1, -0.05) is 41.4 Å². The van der Waals surface area contributed by atoms with Crippen molar-refractivity contribution in [3.8, 4) is 0 Å². The Morgan fingerprint density at radius 2 is 1.57 bits per heavy atom. The quantitative estimate of drug-likeness (QED) is 0.516. The molecule has 2 saturated heterocycles. The van der Waals surface area contributed by atoms with Crippen LogP contribution in [0.5, 0.6) is 0 Å². The van der Waals surface area contributed by atoms with Crippen LogP contribution in [0, 0.1) is 11.8 Å². The van der Waals surface area contributed by atoms with Gasteiger partial charge in [-0.2, -0.15) is 0 Å². The van der Waals surface area contributed by atoms with Crippen LogP contribution in [-0.2, 0) is 24.4 Å². The number of hydrogen-bond acceptors (Lipinski definition) is 5. The summed E-state index contributed by atoms with van der Waals surface area (Å²) < 4.78 is 27.1. The highest BCUT2D eigenvalue weighted by atomic mass is 35.5. The molecule has 8 nitrogen and oxygen atoms in total. The Kier molecular flexibility index (Phi) is 5.65. The number of fused-ring (bicyclic) bond motifs is 1. The molecule has 2 fully saturated rings. The van der Waals surface area contributed by atoms with E-state index in [9.17, 15) is 22.8 Å². The molecule has 2 unspecified atom stereocenters. The topological polar surface area (TPSA) is 104 Å². The number of carbonyl (C=O) groups excluding carboxylic acids is 3. The molecule has 30 heavy (non-hydrogen) atoms. The molecule has 0 aromatic heterocycles. The van der Waals surface area contributed by atoms with Crippen LogP contribution in [0.4, 0.5) is 0 Å². The molecule has 2 aliphatic heterocycles. The molecule has 11 heteroatoms. The molecule has 2 atom stereocenters. The average molecular weight is 472 g/mol. The van der Waals surface area contributed by atoms with Crippen molar-refractivity contribution in [3.63, 3.8) is 0 Å². The molecule has 1 N–H and O–H groups in total. The van der Waals surface area contributed by atoms with E-state index < -0.39 is 22.5 Å². The molecule has 0 bridgehead atoms. The van der Waals surface area contributed by atoms with Crippen LogP contribution in [0.15, 0.2) is 35.2 Å². The SMILES string of the molecule is O=C(CNS(=O)(=O)c1c(Cl)cccc1Cl)N1CC(N2C(=O)C3CC=CCC3C2=O)C1. The molecule has 4 rings (SSSR count). The molecule has 1 aromatic rings. The number of halogens is 2. The zero-order valence-corrected chi connectivity index (χ0v) is 18.1.